The molecule has 4 aromatic rings. The minimum Gasteiger partial charge on any atom is -0.508 e. The van der Waals surface area contributed by atoms with Gasteiger partial charge >= 0.3 is 0 Å². The third-order valence-corrected chi connectivity index (χ3v) is 5.74. The van der Waals surface area contributed by atoms with Crippen LogP contribution in [0.4, 0.5) is 5.69 Å². The zero-order valence-corrected chi connectivity index (χ0v) is 16.6. The van der Waals surface area contributed by atoms with Gasteiger partial charge in [0.15, 0.2) is 0 Å². The second-order valence-corrected chi connectivity index (χ2v) is 7.72. The SMILES string of the molecule is Cc1ccc(O)c(C2C(c3ccc(O)cc3)C(=O)C(=O)N2c2ccc3nc[nH]c3c2)c1. The maximum Gasteiger partial charge on any atom is 0.295 e. The average molecular weight is 413 g/mol. The molecule has 154 valence electrons. The van der Waals surface area contributed by atoms with E-state index in [2.05, 4.69) is 9.97 Å². The topological polar surface area (TPSA) is 107 Å². The molecule has 1 fully saturated rings. The van der Waals surface area contributed by atoms with Crippen LogP contribution in [0.3, 0.4) is 0 Å². The molecule has 1 aliphatic heterocycles. The van der Waals surface area contributed by atoms with Crippen LogP contribution in [0.1, 0.15) is 28.7 Å². The first-order valence-electron chi connectivity index (χ1n) is 9.83. The van der Waals surface area contributed by atoms with E-state index in [1.165, 1.54) is 17.0 Å². The van der Waals surface area contributed by atoms with Crippen LogP contribution in [0.5, 0.6) is 11.5 Å². The van der Waals surface area contributed by atoms with Crippen molar-refractivity contribution in [3.63, 3.8) is 0 Å². The third-order valence-electron chi connectivity index (χ3n) is 5.74. The summed E-state index contributed by atoms with van der Waals surface area (Å²) in [5, 5.41) is 20.4. The summed E-state index contributed by atoms with van der Waals surface area (Å²) >= 11 is 0. The van der Waals surface area contributed by atoms with Gasteiger partial charge in [-0.15, -0.1) is 0 Å². The van der Waals surface area contributed by atoms with E-state index >= 15 is 0 Å². The van der Waals surface area contributed by atoms with Crippen LogP contribution in [0.25, 0.3) is 11.0 Å². The number of aromatic amines is 1. The maximum atomic E-state index is 13.2. The third kappa shape index (κ3) is 3.02. The monoisotopic (exact) mass is 413 g/mol. The number of H-pyrrole nitrogens is 1. The van der Waals surface area contributed by atoms with E-state index < -0.39 is 23.7 Å². The predicted molar refractivity (Wildman–Crippen MR) is 115 cm³/mol. The van der Waals surface area contributed by atoms with Gasteiger partial charge in [-0.05, 0) is 48.9 Å². The lowest BCUT2D eigenvalue weighted by Crippen LogP contribution is -2.29. The number of Topliss-reactive ketones (excluding diaryl/α,β-unsaturated/α-hetero) is 1. The fourth-order valence-corrected chi connectivity index (χ4v) is 4.27. The number of fused-ring (bicyclic) bond motifs is 1. The number of hydrogen-bond acceptors (Lipinski definition) is 5. The first kappa shape index (κ1) is 18.9. The van der Waals surface area contributed by atoms with E-state index in [0.717, 1.165) is 16.6 Å². The normalized spacial score (nSPS) is 18.8. The van der Waals surface area contributed by atoms with Gasteiger partial charge in [-0.25, -0.2) is 4.98 Å². The Bertz CT molecular complexity index is 1330. The minimum atomic E-state index is -0.835. The van der Waals surface area contributed by atoms with Crippen molar-refractivity contribution in [3.8, 4) is 11.5 Å². The van der Waals surface area contributed by atoms with Crippen LogP contribution in [0.2, 0.25) is 0 Å². The highest BCUT2D eigenvalue weighted by molar-refractivity contribution is 6.46. The van der Waals surface area contributed by atoms with Crippen molar-refractivity contribution in [1.29, 1.82) is 0 Å². The van der Waals surface area contributed by atoms with E-state index in [-0.39, 0.29) is 11.5 Å². The Kier molecular flexibility index (Phi) is 4.25. The molecular weight excluding hydrogens is 394 g/mol. The fraction of sp³-hybridized carbons (Fsp3) is 0.125. The smallest absolute Gasteiger partial charge is 0.295 e. The number of imidazole rings is 1. The van der Waals surface area contributed by atoms with Crippen LogP contribution in [-0.2, 0) is 9.59 Å². The molecule has 7 nitrogen and oxygen atoms in total. The number of carbonyl (C=O) groups excluding carboxylic acids is 2. The molecule has 1 amide bonds. The summed E-state index contributed by atoms with van der Waals surface area (Å²) in [7, 11) is 0. The van der Waals surface area contributed by atoms with Crippen molar-refractivity contribution in [2.75, 3.05) is 4.90 Å². The van der Waals surface area contributed by atoms with E-state index in [0.29, 0.717) is 16.8 Å². The van der Waals surface area contributed by atoms with Crippen LogP contribution >= 0.6 is 0 Å². The number of nitrogens with zero attached hydrogens (tertiary/aromatic N) is 2. The Morgan fingerprint density at radius 3 is 2.52 bits per heavy atom. The molecule has 3 N–H and O–H groups in total. The lowest BCUT2D eigenvalue weighted by atomic mass is 9.85. The van der Waals surface area contributed by atoms with Gasteiger partial charge in [0, 0.05) is 11.3 Å². The van der Waals surface area contributed by atoms with Gasteiger partial charge in [0.05, 0.1) is 29.3 Å². The number of aromatic hydroxyl groups is 2. The number of anilines is 1. The molecule has 0 aliphatic carbocycles. The van der Waals surface area contributed by atoms with Gasteiger partial charge in [-0.3, -0.25) is 14.5 Å². The number of nitrogens with one attached hydrogen (secondary N) is 1. The van der Waals surface area contributed by atoms with E-state index in [1.807, 2.05) is 6.92 Å². The summed E-state index contributed by atoms with van der Waals surface area (Å²) in [6.07, 6.45) is 1.56. The highest BCUT2D eigenvalue weighted by atomic mass is 16.3. The van der Waals surface area contributed by atoms with E-state index in [9.17, 15) is 19.8 Å². The highest BCUT2D eigenvalue weighted by Crippen LogP contribution is 2.47. The molecule has 2 unspecified atom stereocenters. The lowest BCUT2D eigenvalue weighted by molar-refractivity contribution is -0.134. The number of ketones is 1. The van der Waals surface area contributed by atoms with Crippen LogP contribution in [0, 0.1) is 6.92 Å². The summed E-state index contributed by atoms with van der Waals surface area (Å²) in [5.74, 6) is -1.98. The number of rotatable bonds is 3. The van der Waals surface area contributed by atoms with Gasteiger partial charge in [-0.2, -0.15) is 0 Å². The van der Waals surface area contributed by atoms with Crippen molar-refractivity contribution >= 4 is 28.4 Å². The fourth-order valence-electron chi connectivity index (χ4n) is 4.27. The highest BCUT2D eigenvalue weighted by Gasteiger charge is 2.50. The molecule has 3 aromatic carbocycles. The van der Waals surface area contributed by atoms with Gasteiger partial charge in [0.25, 0.3) is 5.91 Å². The molecule has 7 heteroatoms. The van der Waals surface area contributed by atoms with E-state index in [4.69, 9.17) is 0 Å². The van der Waals surface area contributed by atoms with Crippen LogP contribution in [0.15, 0.2) is 67.0 Å². The summed E-state index contributed by atoms with van der Waals surface area (Å²) in [6.45, 7) is 1.89. The second-order valence-electron chi connectivity index (χ2n) is 7.72. The van der Waals surface area contributed by atoms with Gasteiger partial charge in [-0.1, -0.05) is 29.8 Å². The first-order chi connectivity index (χ1) is 14.9. The number of hydrogen-bond donors (Lipinski definition) is 3. The van der Waals surface area contributed by atoms with Gasteiger partial charge < -0.3 is 15.2 Å². The van der Waals surface area contributed by atoms with Crippen molar-refractivity contribution < 1.29 is 19.8 Å². The molecule has 0 bridgehead atoms. The molecule has 5 rings (SSSR count). The molecule has 0 saturated carbocycles. The maximum absolute atomic E-state index is 13.2. The summed E-state index contributed by atoms with van der Waals surface area (Å²) in [6, 6.07) is 15.9. The lowest BCUT2D eigenvalue weighted by Gasteiger charge is -2.28. The summed E-state index contributed by atoms with van der Waals surface area (Å²) in [5.41, 5.74) is 3.98. The number of phenolic OH excluding ortho intramolecular Hbond substituents is 2. The number of aryl methyl sites for hydroxylation is 1. The molecule has 0 spiro atoms. The minimum absolute atomic E-state index is 0.00879. The van der Waals surface area contributed by atoms with Crippen LogP contribution in [-0.4, -0.2) is 31.9 Å². The quantitative estimate of drug-likeness (QED) is 0.444. The standard InChI is InChI=1S/C24H19N3O4/c1-13-2-9-20(29)17(10-13)22-21(14-3-6-16(28)7-4-14)23(30)24(31)27(22)15-5-8-18-19(11-15)26-12-25-18/h2-12,21-22,28-29H,1H3,(H,25,26). The molecule has 1 aromatic heterocycles. The zero-order chi connectivity index (χ0) is 21.7. The first-order valence-corrected chi connectivity index (χ1v) is 9.83. The zero-order valence-electron chi connectivity index (χ0n) is 16.6. The Morgan fingerprint density at radius 2 is 1.74 bits per heavy atom. The largest absolute Gasteiger partial charge is 0.508 e. The van der Waals surface area contributed by atoms with Crippen molar-refractivity contribution in [1.82, 2.24) is 9.97 Å². The average Bonchev–Trinajstić information content (AvgIpc) is 3.33. The van der Waals surface area contributed by atoms with Crippen molar-refractivity contribution in [3.05, 3.63) is 83.7 Å². The summed E-state index contributed by atoms with van der Waals surface area (Å²) in [4.78, 5) is 35.1. The van der Waals surface area contributed by atoms with Crippen LogP contribution < -0.4 is 4.90 Å². The van der Waals surface area contributed by atoms with Crippen molar-refractivity contribution in [2.24, 2.45) is 0 Å². The number of benzene rings is 3. The Hall–Kier alpha value is -4.13. The molecule has 31 heavy (non-hydrogen) atoms. The molecule has 1 aliphatic rings. The molecular formula is C24H19N3O4. The molecule has 2 atom stereocenters. The Morgan fingerprint density at radius 1 is 0.968 bits per heavy atom. The molecule has 0 radical (unpaired) electrons. The Balaban J connectivity index is 1.73. The summed E-state index contributed by atoms with van der Waals surface area (Å²) < 4.78 is 0. The number of aromatic nitrogens is 2. The predicted octanol–water partition coefficient (Wildman–Crippen LogP) is 3.72. The number of amides is 1. The second kappa shape index (κ2) is 6.98. The number of carbonyl (C=O) groups is 2. The number of phenols is 2. The van der Waals surface area contributed by atoms with E-state index in [1.54, 1.807) is 54.9 Å². The molecule has 1 saturated heterocycles. The van der Waals surface area contributed by atoms with Gasteiger partial charge in [0.2, 0.25) is 5.78 Å². The molecule has 2 heterocycles. The van der Waals surface area contributed by atoms with Gasteiger partial charge in [0.1, 0.15) is 11.5 Å². The van der Waals surface area contributed by atoms with Crippen molar-refractivity contribution in [2.45, 2.75) is 18.9 Å². The Labute approximate surface area is 177 Å².